The summed E-state index contributed by atoms with van der Waals surface area (Å²) in [5.74, 6) is 0.577. The minimum atomic E-state index is -0.605. The average molecular weight is 353 g/mol. The third kappa shape index (κ3) is 5.50. The summed E-state index contributed by atoms with van der Waals surface area (Å²) in [6.45, 7) is 5.51. The van der Waals surface area contributed by atoms with Crippen molar-refractivity contribution in [1.82, 2.24) is 15.5 Å². The van der Waals surface area contributed by atoms with Crippen LogP contribution in [-0.4, -0.2) is 21.9 Å². The van der Waals surface area contributed by atoms with Gasteiger partial charge in [0.05, 0.1) is 6.54 Å². The van der Waals surface area contributed by atoms with Crippen LogP contribution in [0.1, 0.15) is 44.2 Å². The number of nitrogens with two attached hydrogens (primary N) is 1. The summed E-state index contributed by atoms with van der Waals surface area (Å²) in [5.41, 5.74) is 5.84. The fourth-order valence-electron chi connectivity index (χ4n) is 2.00. The van der Waals surface area contributed by atoms with Gasteiger partial charge in [0.2, 0.25) is 11.8 Å². The maximum absolute atomic E-state index is 12.1. The number of nitrogens with zero attached hydrogens (tertiary/aromatic N) is 2. The zero-order valence-corrected chi connectivity index (χ0v) is 14.6. The van der Waals surface area contributed by atoms with Gasteiger partial charge in [0.25, 0.3) is 0 Å². The number of rotatable bonds is 5. The van der Waals surface area contributed by atoms with Crippen LogP contribution in [0.2, 0.25) is 5.02 Å². The number of nitrogens with one attached hydrogen (secondary N) is 1. The Balaban J connectivity index is 2.17. The number of halogens is 1. The minimum Gasteiger partial charge on any atom is -0.444 e. The van der Waals surface area contributed by atoms with Gasteiger partial charge in [-0.1, -0.05) is 23.7 Å². The Morgan fingerprint density at radius 3 is 2.54 bits per heavy atom. The largest absolute Gasteiger partial charge is 0.444 e. The van der Waals surface area contributed by atoms with E-state index in [1.807, 2.05) is 12.1 Å². The van der Waals surface area contributed by atoms with Crippen LogP contribution in [0.5, 0.6) is 0 Å². The lowest BCUT2D eigenvalue weighted by molar-refractivity contribution is 0.0495. The average Bonchev–Trinajstić information content (AvgIpc) is 2.96. The Labute approximate surface area is 145 Å². The van der Waals surface area contributed by atoms with Crippen molar-refractivity contribution in [2.45, 2.75) is 45.4 Å². The van der Waals surface area contributed by atoms with Gasteiger partial charge in [-0.2, -0.15) is 0 Å². The van der Waals surface area contributed by atoms with Crippen LogP contribution in [0, 0.1) is 0 Å². The first kappa shape index (κ1) is 18.2. The molecule has 0 aliphatic rings. The number of hydrogen-bond acceptors (Lipinski definition) is 6. The number of hydrogen-bond donors (Lipinski definition) is 2. The predicted molar refractivity (Wildman–Crippen MR) is 89.5 cm³/mol. The second kappa shape index (κ2) is 7.63. The van der Waals surface area contributed by atoms with Gasteiger partial charge < -0.3 is 20.2 Å². The number of amides is 1. The van der Waals surface area contributed by atoms with E-state index >= 15 is 0 Å². The number of aromatic nitrogens is 2. The van der Waals surface area contributed by atoms with Crippen LogP contribution in [0.15, 0.2) is 28.7 Å². The lowest BCUT2D eigenvalue weighted by Gasteiger charge is -2.22. The molecule has 8 heteroatoms. The van der Waals surface area contributed by atoms with E-state index in [9.17, 15) is 4.79 Å². The third-order valence-corrected chi connectivity index (χ3v) is 3.25. The lowest BCUT2D eigenvalue weighted by Crippen LogP contribution is -2.36. The SMILES string of the molecule is CC(C)(C)OC(=O)NC(Cc1ccc(Cl)cc1)c1nnc(CN)o1. The molecule has 0 saturated heterocycles. The highest BCUT2D eigenvalue weighted by Crippen LogP contribution is 2.20. The molecule has 7 nitrogen and oxygen atoms in total. The highest BCUT2D eigenvalue weighted by Gasteiger charge is 2.24. The molecule has 0 spiro atoms. The van der Waals surface area contributed by atoms with E-state index in [1.54, 1.807) is 32.9 Å². The number of benzene rings is 1. The number of alkyl carbamates (subject to hydrolysis) is 1. The molecule has 1 atom stereocenters. The first-order valence-corrected chi connectivity index (χ1v) is 7.91. The topological polar surface area (TPSA) is 103 Å². The first-order valence-electron chi connectivity index (χ1n) is 7.53. The maximum Gasteiger partial charge on any atom is 0.408 e. The van der Waals surface area contributed by atoms with Gasteiger partial charge >= 0.3 is 6.09 Å². The molecule has 0 bridgehead atoms. The van der Waals surface area contributed by atoms with Crippen molar-refractivity contribution in [3.8, 4) is 0 Å². The van der Waals surface area contributed by atoms with E-state index in [0.717, 1.165) is 5.56 Å². The van der Waals surface area contributed by atoms with Gasteiger partial charge in [-0.15, -0.1) is 10.2 Å². The molecule has 0 saturated carbocycles. The molecule has 2 aromatic rings. The third-order valence-electron chi connectivity index (χ3n) is 3.00. The van der Waals surface area contributed by atoms with Crippen molar-refractivity contribution in [1.29, 1.82) is 0 Å². The van der Waals surface area contributed by atoms with Gasteiger partial charge in [-0.25, -0.2) is 4.79 Å². The summed E-state index contributed by atoms with van der Waals surface area (Å²) in [6.07, 6.45) is -0.114. The van der Waals surface area contributed by atoms with Crippen molar-refractivity contribution in [3.63, 3.8) is 0 Å². The molecule has 1 unspecified atom stereocenters. The Kier molecular flexibility index (Phi) is 5.80. The normalized spacial score (nSPS) is 12.7. The minimum absolute atomic E-state index is 0.132. The monoisotopic (exact) mass is 352 g/mol. The number of ether oxygens (including phenoxy) is 1. The fraction of sp³-hybridized carbons (Fsp3) is 0.438. The Hall–Kier alpha value is -2.12. The molecule has 0 aliphatic carbocycles. The van der Waals surface area contributed by atoms with E-state index in [4.69, 9.17) is 26.5 Å². The zero-order valence-electron chi connectivity index (χ0n) is 13.9. The highest BCUT2D eigenvalue weighted by atomic mass is 35.5. The van der Waals surface area contributed by atoms with Crippen LogP contribution in [0.25, 0.3) is 0 Å². The Bertz CT molecular complexity index is 679. The number of carbonyl (C=O) groups excluding carboxylic acids is 1. The van der Waals surface area contributed by atoms with Gasteiger partial charge in [0.15, 0.2) is 0 Å². The molecule has 2 rings (SSSR count). The maximum atomic E-state index is 12.1. The molecular formula is C16H21ClN4O3. The lowest BCUT2D eigenvalue weighted by atomic mass is 10.1. The van der Waals surface area contributed by atoms with Gasteiger partial charge in [0, 0.05) is 11.4 Å². The van der Waals surface area contributed by atoms with Crippen molar-refractivity contribution in [2.75, 3.05) is 0 Å². The molecule has 24 heavy (non-hydrogen) atoms. The molecule has 1 aromatic heterocycles. The molecule has 0 radical (unpaired) electrons. The molecule has 1 heterocycles. The summed E-state index contributed by atoms with van der Waals surface area (Å²) in [4.78, 5) is 12.1. The molecule has 130 valence electrons. The van der Waals surface area contributed by atoms with Crippen LogP contribution in [0.3, 0.4) is 0 Å². The zero-order chi connectivity index (χ0) is 17.7. The van der Waals surface area contributed by atoms with Crippen LogP contribution >= 0.6 is 11.6 Å². The van der Waals surface area contributed by atoms with Gasteiger partial charge in [0.1, 0.15) is 11.6 Å². The molecule has 1 aromatic carbocycles. The van der Waals surface area contributed by atoms with E-state index in [2.05, 4.69) is 15.5 Å². The summed E-state index contributed by atoms with van der Waals surface area (Å²) in [7, 11) is 0. The molecule has 1 amide bonds. The van der Waals surface area contributed by atoms with Crippen molar-refractivity contribution in [2.24, 2.45) is 5.73 Å². The number of carbonyl (C=O) groups is 1. The summed E-state index contributed by atoms with van der Waals surface area (Å²) in [6, 6.07) is 6.76. The smallest absolute Gasteiger partial charge is 0.408 e. The second-order valence-electron chi connectivity index (χ2n) is 6.27. The van der Waals surface area contributed by atoms with Crippen molar-refractivity contribution < 1.29 is 13.9 Å². The van der Waals surface area contributed by atoms with Crippen LogP contribution < -0.4 is 11.1 Å². The molecular weight excluding hydrogens is 332 g/mol. The first-order chi connectivity index (χ1) is 11.3. The van der Waals surface area contributed by atoms with Crippen LogP contribution in [0.4, 0.5) is 4.79 Å². The molecule has 0 fully saturated rings. The van der Waals surface area contributed by atoms with E-state index in [-0.39, 0.29) is 12.4 Å². The van der Waals surface area contributed by atoms with Gasteiger partial charge in [-0.05, 0) is 38.5 Å². The summed E-state index contributed by atoms with van der Waals surface area (Å²) in [5, 5.41) is 11.2. The van der Waals surface area contributed by atoms with E-state index < -0.39 is 17.7 Å². The highest BCUT2D eigenvalue weighted by molar-refractivity contribution is 6.30. The quantitative estimate of drug-likeness (QED) is 0.857. The second-order valence-corrected chi connectivity index (χ2v) is 6.70. The predicted octanol–water partition coefficient (Wildman–Crippen LogP) is 2.99. The summed E-state index contributed by atoms with van der Waals surface area (Å²) < 4.78 is 10.8. The van der Waals surface area contributed by atoms with Crippen molar-refractivity contribution in [3.05, 3.63) is 46.6 Å². The molecule has 0 aliphatic heterocycles. The van der Waals surface area contributed by atoms with Gasteiger partial charge in [-0.3, -0.25) is 0 Å². The van der Waals surface area contributed by atoms with Crippen LogP contribution in [-0.2, 0) is 17.7 Å². The molecule has 3 N–H and O–H groups in total. The Morgan fingerprint density at radius 2 is 2.00 bits per heavy atom. The van der Waals surface area contributed by atoms with Crippen molar-refractivity contribution >= 4 is 17.7 Å². The summed E-state index contributed by atoms with van der Waals surface area (Å²) >= 11 is 5.90. The Morgan fingerprint density at radius 1 is 1.33 bits per heavy atom. The fourth-order valence-corrected chi connectivity index (χ4v) is 2.12. The van der Waals surface area contributed by atoms with E-state index in [0.29, 0.717) is 17.3 Å². The van der Waals surface area contributed by atoms with E-state index in [1.165, 1.54) is 0 Å². The standard InChI is InChI=1S/C16H21ClN4O3/c1-16(2,3)24-15(22)19-12(14-21-20-13(9-18)23-14)8-10-4-6-11(17)7-5-10/h4-7,12H,8-9,18H2,1-3H3,(H,19,22).